The highest BCUT2D eigenvalue weighted by atomic mass is 16.2. The minimum Gasteiger partial charge on any atom is -0.396 e. The summed E-state index contributed by atoms with van der Waals surface area (Å²) in [6, 6.07) is 0. The fourth-order valence-electron chi connectivity index (χ4n) is 0.879. The lowest BCUT2D eigenvalue weighted by Gasteiger charge is -2.08. The summed E-state index contributed by atoms with van der Waals surface area (Å²) in [5.74, 6) is 0.833. The first kappa shape index (κ1) is 16.8. The van der Waals surface area contributed by atoms with Gasteiger partial charge in [-0.15, -0.1) is 0 Å². The van der Waals surface area contributed by atoms with Crippen LogP contribution >= 0.6 is 0 Å². The van der Waals surface area contributed by atoms with Gasteiger partial charge in [0.1, 0.15) is 0 Å². The SMILES string of the molecule is CC(C)C.CN(C=O)CCCCCCO. The third-order valence-electron chi connectivity index (χ3n) is 1.60. The smallest absolute Gasteiger partial charge is 0.209 e. The van der Waals surface area contributed by atoms with Gasteiger partial charge in [0, 0.05) is 20.2 Å². The fourth-order valence-corrected chi connectivity index (χ4v) is 0.879. The molecule has 0 unspecified atom stereocenters. The normalized spacial score (nSPS) is 9.47. The van der Waals surface area contributed by atoms with Gasteiger partial charge < -0.3 is 10.0 Å². The number of hydrogen-bond donors (Lipinski definition) is 1. The molecule has 0 spiro atoms. The summed E-state index contributed by atoms with van der Waals surface area (Å²) >= 11 is 0. The molecule has 1 amide bonds. The zero-order valence-electron chi connectivity index (χ0n) is 10.7. The summed E-state index contributed by atoms with van der Waals surface area (Å²) in [6.07, 6.45) is 4.91. The highest BCUT2D eigenvalue weighted by molar-refractivity contribution is 5.46. The molecule has 0 rings (SSSR count). The van der Waals surface area contributed by atoms with Gasteiger partial charge >= 0.3 is 0 Å². The average Bonchev–Trinajstić information content (AvgIpc) is 2.16. The summed E-state index contributed by atoms with van der Waals surface area (Å²) in [5, 5.41) is 8.45. The zero-order valence-corrected chi connectivity index (χ0v) is 10.7. The first-order valence-corrected chi connectivity index (χ1v) is 5.81. The standard InChI is InChI=1S/C8H17NO2.C4H10/c1-9(8-11)6-4-2-3-5-7-10;1-4(2)3/h8,10H,2-7H2,1H3;4H,1-3H3. The van der Waals surface area contributed by atoms with Gasteiger partial charge in [0.2, 0.25) is 6.41 Å². The van der Waals surface area contributed by atoms with E-state index in [1.165, 1.54) is 0 Å². The molecule has 0 fully saturated rings. The maximum atomic E-state index is 10.1. The molecule has 15 heavy (non-hydrogen) atoms. The van der Waals surface area contributed by atoms with Crippen molar-refractivity contribution in [1.82, 2.24) is 4.90 Å². The van der Waals surface area contributed by atoms with Crippen LogP contribution in [0.15, 0.2) is 0 Å². The van der Waals surface area contributed by atoms with Crippen LogP contribution in [0.1, 0.15) is 46.5 Å². The summed E-state index contributed by atoms with van der Waals surface area (Å²) in [4.78, 5) is 11.7. The predicted molar refractivity (Wildman–Crippen MR) is 64.8 cm³/mol. The number of hydrogen-bond acceptors (Lipinski definition) is 2. The van der Waals surface area contributed by atoms with E-state index in [4.69, 9.17) is 5.11 Å². The summed E-state index contributed by atoms with van der Waals surface area (Å²) in [6.45, 7) is 7.61. The molecular weight excluding hydrogens is 190 g/mol. The van der Waals surface area contributed by atoms with Crippen molar-refractivity contribution >= 4 is 6.41 Å². The Balaban J connectivity index is 0. The molecule has 0 aliphatic rings. The molecule has 0 saturated carbocycles. The molecular formula is C12H27NO2. The van der Waals surface area contributed by atoms with Crippen LogP contribution in [-0.2, 0) is 4.79 Å². The Bertz CT molecular complexity index is 124. The van der Waals surface area contributed by atoms with Crippen LogP contribution in [0.4, 0.5) is 0 Å². The van der Waals surface area contributed by atoms with Crippen molar-refractivity contribution in [3.63, 3.8) is 0 Å². The molecule has 0 radical (unpaired) electrons. The van der Waals surface area contributed by atoms with Gasteiger partial charge in [-0.2, -0.15) is 0 Å². The van der Waals surface area contributed by atoms with E-state index in [9.17, 15) is 4.79 Å². The Morgan fingerprint density at radius 1 is 1.13 bits per heavy atom. The Morgan fingerprint density at radius 2 is 1.60 bits per heavy atom. The average molecular weight is 217 g/mol. The molecule has 92 valence electrons. The van der Waals surface area contributed by atoms with Gasteiger partial charge in [-0.05, 0) is 18.8 Å². The molecule has 1 N–H and O–H groups in total. The van der Waals surface area contributed by atoms with E-state index < -0.39 is 0 Å². The second kappa shape index (κ2) is 13.4. The minimum absolute atomic E-state index is 0.281. The maximum Gasteiger partial charge on any atom is 0.209 e. The minimum atomic E-state index is 0.281. The van der Waals surface area contributed by atoms with Crippen molar-refractivity contribution < 1.29 is 9.90 Å². The van der Waals surface area contributed by atoms with E-state index in [-0.39, 0.29) is 6.61 Å². The molecule has 0 aliphatic carbocycles. The molecule has 0 saturated heterocycles. The fraction of sp³-hybridized carbons (Fsp3) is 0.917. The predicted octanol–water partition coefficient (Wildman–Crippen LogP) is 2.29. The second-order valence-corrected chi connectivity index (χ2v) is 4.46. The van der Waals surface area contributed by atoms with Crippen molar-refractivity contribution in [2.24, 2.45) is 5.92 Å². The monoisotopic (exact) mass is 217 g/mol. The zero-order chi connectivity index (χ0) is 12.1. The van der Waals surface area contributed by atoms with Crippen molar-refractivity contribution in [3.8, 4) is 0 Å². The van der Waals surface area contributed by atoms with Gasteiger partial charge in [0.05, 0.1) is 0 Å². The van der Waals surface area contributed by atoms with Crippen LogP contribution in [0.2, 0.25) is 0 Å². The van der Waals surface area contributed by atoms with Crippen molar-refractivity contribution in [2.75, 3.05) is 20.2 Å². The first-order valence-electron chi connectivity index (χ1n) is 5.81. The summed E-state index contributed by atoms with van der Waals surface area (Å²) < 4.78 is 0. The lowest BCUT2D eigenvalue weighted by Crippen LogP contribution is -2.16. The molecule has 0 aromatic rings. The van der Waals surface area contributed by atoms with Crippen LogP contribution in [0, 0.1) is 5.92 Å². The molecule has 0 aromatic carbocycles. The van der Waals surface area contributed by atoms with Gasteiger partial charge in [0.15, 0.2) is 0 Å². The maximum absolute atomic E-state index is 10.1. The van der Waals surface area contributed by atoms with Crippen molar-refractivity contribution in [3.05, 3.63) is 0 Å². The quantitative estimate of drug-likeness (QED) is 0.525. The van der Waals surface area contributed by atoms with E-state index in [1.54, 1.807) is 11.9 Å². The van der Waals surface area contributed by atoms with Crippen LogP contribution in [0.3, 0.4) is 0 Å². The molecule has 0 heterocycles. The van der Waals surface area contributed by atoms with Crippen LogP contribution in [0.25, 0.3) is 0 Å². The number of carbonyl (C=O) groups excluding carboxylic acids is 1. The number of aliphatic hydroxyl groups is 1. The lowest BCUT2D eigenvalue weighted by molar-refractivity contribution is -0.117. The third-order valence-corrected chi connectivity index (χ3v) is 1.60. The molecule has 0 atom stereocenters. The Labute approximate surface area is 94.5 Å². The highest BCUT2D eigenvalue weighted by Gasteiger charge is 1.92. The van der Waals surface area contributed by atoms with E-state index >= 15 is 0 Å². The van der Waals surface area contributed by atoms with E-state index in [2.05, 4.69) is 20.8 Å². The number of rotatable bonds is 7. The Kier molecular flexibility index (Phi) is 15.1. The number of unbranched alkanes of at least 4 members (excludes halogenated alkanes) is 3. The second-order valence-electron chi connectivity index (χ2n) is 4.46. The molecule has 3 heteroatoms. The lowest BCUT2D eigenvalue weighted by atomic mass is 10.2. The third kappa shape index (κ3) is 24.7. The van der Waals surface area contributed by atoms with Crippen molar-refractivity contribution in [1.29, 1.82) is 0 Å². The highest BCUT2D eigenvalue weighted by Crippen LogP contribution is 1.98. The molecule has 0 bridgehead atoms. The molecule has 0 aromatic heterocycles. The number of carbonyl (C=O) groups is 1. The van der Waals surface area contributed by atoms with Crippen LogP contribution in [-0.4, -0.2) is 36.6 Å². The van der Waals surface area contributed by atoms with Gasteiger partial charge in [-0.1, -0.05) is 33.6 Å². The van der Waals surface area contributed by atoms with Gasteiger partial charge in [-0.3, -0.25) is 4.79 Å². The van der Waals surface area contributed by atoms with Crippen molar-refractivity contribution in [2.45, 2.75) is 46.5 Å². The Morgan fingerprint density at radius 3 is 2.00 bits per heavy atom. The molecule has 0 aliphatic heterocycles. The first-order chi connectivity index (χ1) is 7.04. The number of nitrogens with zero attached hydrogens (tertiary/aromatic N) is 1. The van der Waals surface area contributed by atoms with E-state index in [1.807, 2.05) is 0 Å². The van der Waals surface area contributed by atoms with E-state index in [0.29, 0.717) is 0 Å². The summed E-state index contributed by atoms with van der Waals surface area (Å²) in [7, 11) is 1.78. The topological polar surface area (TPSA) is 40.5 Å². The summed E-state index contributed by atoms with van der Waals surface area (Å²) in [5.41, 5.74) is 0. The van der Waals surface area contributed by atoms with Crippen LogP contribution < -0.4 is 0 Å². The number of amides is 1. The molecule has 3 nitrogen and oxygen atoms in total. The van der Waals surface area contributed by atoms with E-state index in [0.717, 1.165) is 44.6 Å². The van der Waals surface area contributed by atoms with Gasteiger partial charge in [-0.25, -0.2) is 0 Å². The largest absolute Gasteiger partial charge is 0.396 e. The van der Waals surface area contributed by atoms with Gasteiger partial charge in [0.25, 0.3) is 0 Å². The Hall–Kier alpha value is -0.570. The number of aliphatic hydroxyl groups excluding tert-OH is 1. The van der Waals surface area contributed by atoms with Crippen LogP contribution in [0.5, 0.6) is 0 Å².